The van der Waals surface area contributed by atoms with Crippen LogP contribution in [0.15, 0.2) is 0 Å². The van der Waals surface area contributed by atoms with Gasteiger partial charge in [0.15, 0.2) is 0 Å². The zero-order valence-corrected chi connectivity index (χ0v) is 9.01. The summed E-state index contributed by atoms with van der Waals surface area (Å²) in [5.41, 5.74) is 4.93. The average molecular weight is 200 g/mol. The van der Waals surface area contributed by atoms with Crippen LogP contribution in [0, 0.1) is 0 Å². The first-order valence-corrected chi connectivity index (χ1v) is 5.14. The molecule has 1 fully saturated rings. The number of primary amides is 1. The Morgan fingerprint density at radius 3 is 2.86 bits per heavy atom. The van der Waals surface area contributed by atoms with Crippen LogP contribution in [0.5, 0.6) is 0 Å². The second kappa shape index (κ2) is 4.75. The standard InChI is InChI=1S/C10H20N2O2/c1-10(2,6-9(11)13)12-7-8-4-3-5-14-8/h8,12H,3-7H2,1-2H3,(H2,11,13). The molecule has 0 aromatic heterocycles. The molecule has 4 nitrogen and oxygen atoms in total. The smallest absolute Gasteiger partial charge is 0.219 e. The maximum atomic E-state index is 10.8. The fourth-order valence-corrected chi connectivity index (χ4v) is 1.69. The number of nitrogens with one attached hydrogen (secondary N) is 1. The molecule has 4 heteroatoms. The molecule has 0 aromatic rings. The highest BCUT2D eigenvalue weighted by Gasteiger charge is 2.23. The summed E-state index contributed by atoms with van der Waals surface area (Å²) < 4.78 is 5.47. The molecular formula is C10H20N2O2. The molecule has 1 amide bonds. The number of carbonyl (C=O) groups excluding carboxylic acids is 1. The summed E-state index contributed by atoms with van der Waals surface area (Å²) in [6.07, 6.45) is 2.92. The van der Waals surface area contributed by atoms with E-state index in [0.29, 0.717) is 12.5 Å². The van der Waals surface area contributed by atoms with Crippen molar-refractivity contribution in [3.63, 3.8) is 0 Å². The van der Waals surface area contributed by atoms with Crippen LogP contribution in [0.2, 0.25) is 0 Å². The first-order valence-electron chi connectivity index (χ1n) is 5.14. The lowest BCUT2D eigenvalue weighted by atomic mass is 10.00. The molecule has 1 rings (SSSR count). The van der Waals surface area contributed by atoms with Crippen molar-refractivity contribution in [2.45, 2.75) is 44.8 Å². The van der Waals surface area contributed by atoms with Crippen molar-refractivity contribution in [3.05, 3.63) is 0 Å². The Morgan fingerprint density at radius 1 is 1.64 bits per heavy atom. The van der Waals surface area contributed by atoms with Crippen LogP contribution in [0.3, 0.4) is 0 Å². The largest absolute Gasteiger partial charge is 0.377 e. The summed E-state index contributed by atoms with van der Waals surface area (Å²) in [5.74, 6) is -0.269. The maximum absolute atomic E-state index is 10.8. The SMILES string of the molecule is CC(C)(CC(N)=O)NCC1CCCO1. The van der Waals surface area contributed by atoms with Gasteiger partial charge < -0.3 is 15.8 Å². The molecule has 1 saturated heterocycles. The normalized spacial score (nSPS) is 22.6. The van der Waals surface area contributed by atoms with E-state index < -0.39 is 0 Å². The molecule has 82 valence electrons. The topological polar surface area (TPSA) is 64.4 Å². The van der Waals surface area contributed by atoms with Crippen molar-refractivity contribution in [2.75, 3.05) is 13.2 Å². The molecule has 1 unspecified atom stereocenters. The Labute approximate surface area is 85.2 Å². The van der Waals surface area contributed by atoms with Crippen LogP contribution in [0.4, 0.5) is 0 Å². The lowest BCUT2D eigenvalue weighted by Crippen LogP contribution is -2.45. The number of hydrogen-bond acceptors (Lipinski definition) is 3. The molecule has 0 bridgehead atoms. The Bertz CT molecular complexity index is 198. The summed E-state index contributed by atoms with van der Waals surface area (Å²) in [6, 6.07) is 0. The summed E-state index contributed by atoms with van der Waals surface area (Å²) in [4.78, 5) is 10.8. The van der Waals surface area contributed by atoms with Crippen molar-refractivity contribution in [1.29, 1.82) is 0 Å². The minimum absolute atomic E-state index is 0.224. The molecular weight excluding hydrogens is 180 g/mol. The third-order valence-electron chi connectivity index (χ3n) is 2.45. The van der Waals surface area contributed by atoms with Crippen LogP contribution in [-0.4, -0.2) is 30.7 Å². The van der Waals surface area contributed by atoms with E-state index >= 15 is 0 Å². The molecule has 0 saturated carbocycles. The highest BCUT2D eigenvalue weighted by atomic mass is 16.5. The monoisotopic (exact) mass is 200 g/mol. The maximum Gasteiger partial charge on any atom is 0.219 e. The number of rotatable bonds is 5. The summed E-state index contributed by atoms with van der Waals surface area (Å²) >= 11 is 0. The molecule has 14 heavy (non-hydrogen) atoms. The van der Waals surface area contributed by atoms with E-state index in [0.717, 1.165) is 26.0 Å². The van der Waals surface area contributed by atoms with E-state index in [9.17, 15) is 4.79 Å². The Morgan fingerprint density at radius 2 is 2.36 bits per heavy atom. The van der Waals surface area contributed by atoms with Crippen LogP contribution in [0.25, 0.3) is 0 Å². The van der Waals surface area contributed by atoms with Crippen molar-refractivity contribution in [1.82, 2.24) is 5.32 Å². The number of carbonyl (C=O) groups is 1. The van der Waals surface area contributed by atoms with Gasteiger partial charge in [0.1, 0.15) is 0 Å². The van der Waals surface area contributed by atoms with E-state index in [1.165, 1.54) is 0 Å². The quantitative estimate of drug-likeness (QED) is 0.675. The zero-order chi connectivity index (χ0) is 10.6. The third kappa shape index (κ3) is 4.07. The third-order valence-corrected chi connectivity index (χ3v) is 2.45. The van der Waals surface area contributed by atoms with Crippen molar-refractivity contribution in [2.24, 2.45) is 5.73 Å². The van der Waals surface area contributed by atoms with Gasteiger partial charge in [0.05, 0.1) is 6.10 Å². The molecule has 1 aliphatic rings. The van der Waals surface area contributed by atoms with E-state index in [1.54, 1.807) is 0 Å². The number of amides is 1. The first-order chi connectivity index (χ1) is 6.49. The minimum atomic E-state index is -0.269. The molecule has 0 aromatic carbocycles. The second-order valence-corrected chi connectivity index (χ2v) is 4.54. The van der Waals surface area contributed by atoms with Crippen LogP contribution in [0.1, 0.15) is 33.1 Å². The van der Waals surface area contributed by atoms with Crippen LogP contribution < -0.4 is 11.1 Å². The molecule has 1 aliphatic heterocycles. The first kappa shape index (κ1) is 11.5. The molecule has 0 spiro atoms. The minimum Gasteiger partial charge on any atom is -0.377 e. The lowest BCUT2D eigenvalue weighted by molar-refractivity contribution is -0.119. The van der Waals surface area contributed by atoms with Crippen LogP contribution >= 0.6 is 0 Å². The van der Waals surface area contributed by atoms with E-state index in [4.69, 9.17) is 10.5 Å². The van der Waals surface area contributed by atoms with Gasteiger partial charge in [-0.15, -0.1) is 0 Å². The van der Waals surface area contributed by atoms with Gasteiger partial charge in [-0.05, 0) is 26.7 Å². The Hall–Kier alpha value is -0.610. The molecule has 0 radical (unpaired) electrons. The molecule has 3 N–H and O–H groups in total. The average Bonchev–Trinajstić information content (AvgIpc) is 2.50. The highest BCUT2D eigenvalue weighted by Crippen LogP contribution is 2.13. The number of hydrogen-bond donors (Lipinski definition) is 2. The van der Waals surface area contributed by atoms with Gasteiger partial charge in [-0.3, -0.25) is 4.79 Å². The number of nitrogens with two attached hydrogens (primary N) is 1. The van der Waals surface area contributed by atoms with Crippen molar-refractivity contribution in [3.8, 4) is 0 Å². The van der Waals surface area contributed by atoms with Gasteiger partial charge in [0.25, 0.3) is 0 Å². The van der Waals surface area contributed by atoms with Crippen molar-refractivity contribution < 1.29 is 9.53 Å². The van der Waals surface area contributed by atoms with E-state index in [-0.39, 0.29) is 11.4 Å². The zero-order valence-electron chi connectivity index (χ0n) is 9.01. The highest BCUT2D eigenvalue weighted by molar-refractivity contribution is 5.74. The Balaban J connectivity index is 2.23. The van der Waals surface area contributed by atoms with Gasteiger partial charge in [-0.1, -0.05) is 0 Å². The summed E-state index contributed by atoms with van der Waals surface area (Å²) in [7, 11) is 0. The van der Waals surface area contributed by atoms with Gasteiger partial charge in [-0.25, -0.2) is 0 Å². The molecule has 0 aliphatic carbocycles. The summed E-state index contributed by atoms with van der Waals surface area (Å²) in [6.45, 7) is 5.63. The fraction of sp³-hybridized carbons (Fsp3) is 0.900. The lowest BCUT2D eigenvalue weighted by Gasteiger charge is -2.26. The van der Waals surface area contributed by atoms with E-state index in [2.05, 4.69) is 5.32 Å². The fourth-order valence-electron chi connectivity index (χ4n) is 1.69. The second-order valence-electron chi connectivity index (χ2n) is 4.54. The Kier molecular flexibility index (Phi) is 3.89. The number of ether oxygens (including phenoxy) is 1. The summed E-state index contributed by atoms with van der Waals surface area (Å²) in [5, 5.41) is 3.31. The predicted molar refractivity (Wildman–Crippen MR) is 54.9 cm³/mol. The van der Waals surface area contributed by atoms with Crippen molar-refractivity contribution >= 4 is 5.91 Å². The molecule has 1 heterocycles. The van der Waals surface area contributed by atoms with Gasteiger partial charge in [-0.2, -0.15) is 0 Å². The predicted octanol–water partition coefficient (Wildman–Crippen LogP) is 0.409. The van der Waals surface area contributed by atoms with Crippen LogP contribution in [-0.2, 0) is 9.53 Å². The van der Waals surface area contributed by atoms with Gasteiger partial charge >= 0.3 is 0 Å². The van der Waals surface area contributed by atoms with E-state index in [1.807, 2.05) is 13.8 Å². The molecule has 1 atom stereocenters. The van der Waals surface area contributed by atoms with Gasteiger partial charge in [0.2, 0.25) is 5.91 Å². The van der Waals surface area contributed by atoms with Gasteiger partial charge in [0, 0.05) is 25.1 Å².